The van der Waals surface area contributed by atoms with Gasteiger partial charge in [-0.2, -0.15) is 0 Å². The summed E-state index contributed by atoms with van der Waals surface area (Å²) in [5.74, 6) is -0.0190. The van der Waals surface area contributed by atoms with Crippen LogP contribution in [-0.2, 0) is 11.3 Å². The highest BCUT2D eigenvalue weighted by molar-refractivity contribution is 5.95. The van der Waals surface area contributed by atoms with Crippen molar-refractivity contribution in [2.75, 3.05) is 0 Å². The zero-order valence-corrected chi connectivity index (χ0v) is 16.1. The summed E-state index contributed by atoms with van der Waals surface area (Å²) < 4.78 is 0. The number of Topliss-reactive ketones (excluding diaryl/α,β-unsaturated/α-hetero) is 1. The Morgan fingerprint density at radius 3 is 1.82 bits per heavy atom. The molecule has 0 heterocycles. The van der Waals surface area contributed by atoms with Gasteiger partial charge in [0, 0.05) is 12.5 Å². The Morgan fingerprint density at radius 1 is 0.750 bits per heavy atom. The number of benzene rings is 3. The second-order valence-corrected chi connectivity index (χ2v) is 6.66. The lowest BCUT2D eigenvalue weighted by Crippen LogP contribution is -2.26. The fourth-order valence-corrected chi connectivity index (χ4v) is 3.03. The largest absolute Gasteiger partial charge is 0.308 e. The van der Waals surface area contributed by atoms with Gasteiger partial charge in [0.25, 0.3) is 0 Å². The lowest BCUT2D eigenvalue weighted by molar-refractivity contribution is -0.126. The van der Waals surface area contributed by atoms with Crippen molar-refractivity contribution < 1.29 is 9.59 Å². The molecule has 0 fully saturated rings. The van der Waals surface area contributed by atoms with E-state index in [4.69, 9.17) is 0 Å². The maximum absolute atomic E-state index is 12.6. The van der Waals surface area contributed by atoms with Gasteiger partial charge in [-0.15, -0.1) is 0 Å². The molecule has 0 aliphatic carbocycles. The van der Waals surface area contributed by atoms with Crippen LogP contribution in [0.3, 0.4) is 0 Å². The molecular formula is C25H23NO2. The number of carbonyl (C=O) groups is 2. The van der Waals surface area contributed by atoms with Gasteiger partial charge < -0.3 is 4.90 Å². The summed E-state index contributed by atoms with van der Waals surface area (Å²) in [7, 11) is 0. The van der Waals surface area contributed by atoms with Crippen molar-refractivity contribution in [3.8, 4) is 0 Å². The Hall–Kier alpha value is -3.46. The summed E-state index contributed by atoms with van der Waals surface area (Å²) in [5, 5.41) is 0. The average molecular weight is 369 g/mol. The first-order valence-electron chi connectivity index (χ1n) is 9.25. The smallest absolute Gasteiger partial charge is 0.224 e. The van der Waals surface area contributed by atoms with Crippen molar-refractivity contribution in [3.63, 3.8) is 0 Å². The van der Waals surface area contributed by atoms with Gasteiger partial charge >= 0.3 is 0 Å². The van der Waals surface area contributed by atoms with E-state index in [1.165, 1.54) is 0 Å². The standard InChI is InChI=1S/C25H23NO2/c1-19(27)23-13-15-24(16-14-23)25(17-21-9-5-3-6-10-21)26(20(2)28)18-22-11-7-4-8-12-22/h3-17H,18H2,1-2H3/b25-17-. The normalized spacial score (nSPS) is 11.1. The third kappa shape index (κ3) is 4.83. The quantitative estimate of drug-likeness (QED) is 0.429. The second-order valence-electron chi connectivity index (χ2n) is 6.66. The molecular weight excluding hydrogens is 346 g/mol. The molecule has 3 aromatic carbocycles. The average Bonchev–Trinajstić information content (AvgIpc) is 2.72. The molecule has 0 unspecified atom stereocenters. The molecule has 3 nitrogen and oxygen atoms in total. The van der Waals surface area contributed by atoms with Gasteiger partial charge in [-0.25, -0.2) is 0 Å². The molecule has 0 N–H and O–H groups in total. The molecule has 0 radical (unpaired) electrons. The van der Waals surface area contributed by atoms with Gasteiger partial charge in [-0.1, -0.05) is 84.9 Å². The molecule has 3 aromatic rings. The van der Waals surface area contributed by atoms with Crippen molar-refractivity contribution >= 4 is 23.5 Å². The third-order valence-corrected chi connectivity index (χ3v) is 4.54. The molecule has 0 saturated carbocycles. The van der Waals surface area contributed by atoms with Crippen molar-refractivity contribution in [1.82, 2.24) is 4.90 Å². The van der Waals surface area contributed by atoms with Gasteiger partial charge in [0.1, 0.15) is 0 Å². The molecule has 28 heavy (non-hydrogen) atoms. The van der Waals surface area contributed by atoms with E-state index in [1.807, 2.05) is 78.9 Å². The Bertz CT molecular complexity index is 974. The zero-order valence-electron chi connectivity index (χ0n) is 16.1. The third-order valence-electron chi connectivity index (χ3n) is 4.54. The van der Waals surface area contributed by atoms with Crippen LogP contribution in [-0.4, -0.2) is 16.6 Å². The van der Waals surface area contributed by atoms with Crippen molar-refractivity contribution in [2.24, 2.45) is 0 Å². The summed E-state index contributed by atoms with van der Waals surface area (Å²) in [5.41, 5.74) is 4.40. The van der Waals surface area contributed by atoms with Gasteiger partial charge in [-0.3, -0.25) is 9.59 Å². The van der Waals surface area contributed by atoms with E-state index < -0.39 is 0 Å². The Morgan fingerprint density at radius 2 is 1.29 bits per heavy atom. The minimum Gasteiger partial charge on any atom is -0.308 e. The summed E-state index contributed by atoms with van der Waals surface area (Å²) in [4.78, 5) is 26.0. The lowest BCUT2D eigenvalue weighted by Gasteiger charge is -2.25. The Balaban J connectivity index is 2.06. The fourth-order valence-electron chi connectivity index (χ4n) is 3.03. The maximum Gasteiger partial charge on any atom is 0.224 e. The number of amides is 1. The zero-order chi connectivity index (χ0) is 19.9. The number of hydrogen-bond donors (Lipinski definition) is 0. The minimum atomic E-state index is -0.0401. The maximum atomic E-state index is 12.6. The first-order valence-corrected chi connectivity index (χ1v) is 9.25. The van der Waals surface area contributed by atoms with Crippen LogP contribution >= 0.6 is 0 Å². The molecule has 0 saturated heterocycles. The fraction of sp³-hybridized carbons (Fsp3) is 0.120. The molecule has 0 aliphatic heterocycles. The van der Waals surface area contributed by atoms with E-state index in [0.29, 0.717) is 12.1 Å². The predicted octanol–water partition coefficient (Wildman–Crippen LogP) is 5.44. The lowest BCUT2D eigenvalue weighted by atomic mass is 10.0. The van der Waals surface area contributed by atoms with E-state index >= 15 is 0 Å². The van der Waals surface area contributed by atoms with Crippen LogP contribution in [0.1, 0.15) is 40.9 Å². The van der Waals surface area contributed by atoms with Crippen LogP contribution in [0.4, 0.5) is 0 Å². The van der Waals surface area contributed by atoms with Crippen LogP contribution in [0.15, 0.2) is 84.9 Å². The highest BCUT2D eigenvalue weighted by Gasteiger charge is 2.17. The van der Waals surface area contributed by atoms with E-state index in [2.05, 4.69) is 0 Å². The number of hydrogen-bond acceptors (Lipinski definition) is 2. The van der Waals surface area contributed by atoms with E-state index in [0.717, 1.165) is 22.4 Å². The summed E-state index contributed by atoms with van der Waals surface area (Å²) >= 11 is 0. The highest BCUT2D eigenvalue weighted by Crippen LogP contribution is 2.25. The van der Waals surface area contributed by atoms with E-state index in [9.17, 15) is 9.59 Å². The van der Waals surface area contributed by atoms with Crippen LogP contribution in [0, 0.1) is 0 Å². The number of ketones is 1. The van der Waals surface area contributed by atoms with Gasteiger partial charge in [0.05, 0.1) is 12.2 Å². The van der Waals surface area contributed by atoms with E-state index in [-0.39, 0.29) is 11.7 Å². The molecule has 1 amide bonds. The molecule has 3 rings (SSSR count). The monoisotopic (exact) mass is 369 g/mol. The number of rotatable bonds is 6. The molecule has 0 aliphatic rings. The Labute approximate surface area is 165 Å². The Kier molecular flexibility index (Phi) is 6.18. The van der Waals surface area contributed by atoms with Crippen molar-refractivity contribution in [1.29, 1.82) is 0 Å². The SMILES string of the molecule is CC(=O)c1ccc(/C(=C/c2ccccc2)N(Cc2ccccc2)C(C)=O)cc1. The van der Waals surface area contributed by atoms with Crippen LogP contribution in [0.2, 0.25) is 0 Å². The topological polar surface area (TPSA) is 37.4 Å². The number of nitrogens with zero attached hydrogens (tertiary/aromatic N) is 1. The number of carbonyl (C=O) groups excluding carboxylic acids is 2. The summed E-state index contributed by atoms with van der Waals surface area (Å²) in [6, 6.07) is 27.2. The molecule has 0 bridgehead atoms. The molecule has 3 heteroatoms. The van der Waals surface area contributed by atoms with Crippen LogP contribution < -0.4 is 0 Å². The molecule has 0 aromatic heterocycles. The first kappa shape index (κ1) is 19.3. The minimum absolute atomic E-state index is 0.0212. The van der Waals surface area contributed by atoms with Crippen molar-refractivity contribution in [3.05, 3.63) is 107 Å². The molecule has 140 valence electrons. The summed E-state index contributed by atoms with van der Waals surface area (Å²) in [6.45, 7) is 3.60. The van der Waals surface area contributed by atoms with Crippen molar-refractivity contribution in [2.45, 2.75) is 20.4 Å². The van der Waals surface area contributed by atoms with E-state index in [1.54, 1.807) is 30.9 Å². The summed E-state index contributed by atoms with van der Waals surface area (Å²) in [6.07, 6.45) is 2.01. The molecule has 0 atom stereocenters. The van der Waals surface area contributed by atoms with Gasteiger partial charge in [0.15, 0.2) is 5.78 Å². The van der Waals surface area contributed by atoms with Gasteiger partial charge in [0.2, 0.25) is 5.91 Å². The molecule has 0 spiro atoms. The van der Waals surface area contributed by atoms with Crippen LogP contribution in [0.5, 0.6) is 0 Å². The van der Waals surface area contributed by atoms with Crippen LogP contribution in [0.25, 0.3) is 11.8 Å². The highest BCUT2D eigenvalue weighted by atomic mass is 16.2. The van der Waals surface area contributed by atoms with Gasteiger partial charge in [-0.05, 0) is 29.7 Å². The second kappa shape index (κ2) is 8.96. The first-order chi connectivity index (χ1) is 13.5. The predicted molar refractivity (Wildman–Crippen MR) is 113 cm³/mol.